The van der Waals surface area contributed by atoms with Crippen LogP contribution in [-0.4, -0.2) is 34.6 Å². The standard InChI is InChI=1S/C14H20N4O2/c1-2-20-10-8-9(14(10)4-3-5-14)18-13(19)11-12(15)17-7-6-16-11/h6-7,9-10H,2-5,8H2,1H3,(H2,15,17)(H,18,19)/t9-,10+/m1/s1. The first-order chi connectivity index (χ1) is 9.67. The predicted molar refractivity (Wildman–Crippen MR) is 74.0 cm³/mol. The normalized spacial score (nSPS) is 26.6. The lowest BCUT2D eigenvalue weighted by Crippen LogP contribution is -2.67. The van der Waals surface area contributed by atoms with E-state index in [-0.39, 0.29) is 35.0 Å². The SMILES string of the molecule is CCO[C@H]1C[C@@H](NC(=O)c2nccnc2N)C12CCC2. The molecule has 1 heterocycles. The van der Waals surface area contributed by atoms with Gasteiger partial charge in [-0.15, -0.1) is 0 Å². The maximum Gasteiger partial charge on any atom is 0.273 e. The first-order valence-electron chi connectivity index (χ1n) is 7.16. The van der Waals surface area contributed by atoms with Crippen LogP contribution in [0.2, 0.25) is 0 Å². The van der Waals surface area contributed by atoms with Crippen LogP contribution in [-0.2, 0) is 4.74 Å². The van der Waals surface area contributed by atoms with Crippen LogP contribution in [0.5, 0.6) is 0 Å². The van der Waals surface area contributed by atoms with E-state index in [1.807, 2.05) is 6.92 Å². The number of carbonyl (C=O) groups excluding carboxylic acids is 1. The van der Waals surface area contributed by atoms with Crippen molar-refractivity contribution < 1.29 is 9.53 Å². The highest BCUT2D eigenvalue weighted by Crippen LogP contribution is 2.57. The molecule has 2 fully saturated rings. The molecule has 0 unspecified atom stereocenters. The summed E-state index contributed by atoms with van der Waals surface area (Å²) in [6.07, 6.45) is 7.58. The number of anilines is 1. The Morgan fingerprint density at radius 2 is 2.25 bits per heavy atom. The summed E-state index contributed by atoms with van der Waals surface area (Å²) in [6, 6.07) is 0.168. The average Bonchev–Trinajstić information content (AvgIpc) is 2.35. The quantitative estimate of drug-likeness (QED) is 0.860. The van der Waals surface area contributed by atoms with Crippen LogP contribution >= 0.6 is 0 Å². The summed E-state index contributed by atoms with van der Waals surface area (Å²) in [5.41, 5.74) is 6.04. The van der Waals surface area contributed by atoms with Gasteiger partial charge in [-0.05, 0) is 26.2 Å². The lowest BCUT2D eigenvalue weighted by atomic mass is 9.51. The summed E-state index contributed by atoms with van der Waals surface area (Å²) in [7, 11) is 0. The van der Waals surface area contributed by atoms with Gasteiger partial charge in [-0.3, -0.25) is 4.79 Å². The Labute approximate surface area is 118 Å². The summed E-state index contributed by atoms with van der Waals surface area (Å²) < 4.78 is 5.77. The number of rotatable bonds is 4. The first-order valence-corrected chi connectivity index (χ1v) is 7.16. The Hall–Kier alpha value is -1.69. The zero-order valence-electron chi connectivity index (χ0n) is 11.6. The number of amides is 1. The third kappa shape index (κ3) is 1.95. The van der Waals surface area contributed by atoms with E-state index < -0.39 is 0 Å². The molecule has 6 heteroatoms. The van der Waals surface area contributed by atoms with Crippen LogP contribution in [0.4, 0.5) is 5.82 Å². The van der Waals surface area contributed by atoms with Gasteiger partial charge in [0.15, 0.2) is 11.5 Å². The van der Waals surface area contributed by atoms with Gasteiger partial charge in [0, 0.05) is 30.5 Å². The highest BCUT2D eigenvalue weighted by Gasteiger charge is 2.59. The van der Waals surface area contributed by atoms with Crippen molar-refractivity contribution in [3.63, 3.8) is 0 Å². The van der Waals surface area contributed by atoms with E-state index in [1.165, 1.54) is 18.8 Å². The number of aromatic nitrogens is 2. The number of ether oxygens (including phenoxy) is 1. The van der Waals surface area contributed by atoms with Crippen molar-refractivity contribution in [3.05, 3.63) is 18.1 Å². The van der Waals surface area contributed by atoms with E-state index in [4.69, 9.17) is 10.5 Å². The zero-order valence-corrected chi connectivity index (χ0v) is 11.6. The van der Waals surface area contributed by atoms with E-state index in [1.54, 1.807) is 0 Å². The second kappa shape index (κ2) is 5.01. The number of nitrogens with two attached hydrogens (primary N) is 1. The Balaban J connectivity index is 1.67. The van der Waals surface area contributed by atoms with E-state index in [9.17, 15) is 4.79 Å². The number of nitrogens with zero attached hydrogens (tertiary/aromatic N) is 2. The van der Waals surface area contributed by atoms with E-state index in [0.717, 1.165) is 25.9 Å². The molecule has 20 heavy (non-hydrogen) atoms. The van der Waals surface area contributed by atoms with Crippen molar-refractivity contribution >= 4 is 11.7 Å². The molecule has 1 spiro atoms. The van der Waals surface area contributed by atoms with Gasteiger partial charge >= 0.3 is 0 Å². The topological polar surface area (TPSA) is 90.1 Å². The molecule has 2 atom stereocenters. The van der Waals surface area contributed by atoms with Crippen LogP contribution in [0.3, 0.4) is 0 Å². The van der Waals surface area contributed by atoms with Gasteiger partial charge in [0.2, 0.25) is 0 Å². The highest BCUT2D eigenvalue weighted by atomic mass is 16.5. The average molecular weight is 276 g/mol. The Morgan fingerprint density at radius 3 is 2.85 bits per heavy atom. The largest absolute Gasteiger partial charge is 0.382 e. The third-order valence-corrected chi connectivity index (χ3v) is 4.68. The summed E-state index contributed by atoms with van der Waals surface area (Å²) >= 11 is 0. The maximum absolute atomic E-state index is 12.2. The Kier molecular flexibility index (Phi) is 3.33. The second-order valence-electron chi connectivity index (χ2n) is 5.58. The van der Waals surface area contributed by atoms with Gasteiger partial charge in [0.05, 0.1) is 6.10 Å². The predicted octanol–water partition coefficient (Wildman–Crippen LogP) is 1.14. The van der Waals surface area contributed by atoms with Crippen molar-refractivity contribution in [3.8, 4) is 0 Å². The fraction of sp³-hybridized carbons (Fsp3) is 0.643. The third-order valence-electron chi connectivity index (χ3n) is 4.68. The second-order valence-corrected chi connectivity index (χ2v) is 5.58. The van der Waals surface area contributed by atoms with Crippen molar-refractivity contribution in [2.75, 3.05) is 12.3 Å². The van der Waals surface area contributed by atoms with Gasteiger partial charge < -0.3 is 15.8 Å². The van der Waals surface area contributed by atoms with E-state index in [2.05, 4.69) is 15.3 Å². The summed E-state index contributed by atoms with van der Waals surface area (Å²) in [6.45, 7) is 2.74. The molecule has 0 saturated heterocycles. The minimum absolute atomic E-state index is 0.142. The minimum atomic E-state index is -0.234. The Bertz CT molecular complexity index is 516. The molecular weight excluding hydrogens is 256 g/mol. The lowest BCUT2D eigenvalue weighted by Gasteiger charge is -2.60. The maximum atomic E-state index is 12.2. The Morgan fingerprint density at radius 1 is 1.50 bits per heavy atom. The molecule has 6 nitrogen and oxygen atoms in total. The summed E-state index contributed by atoms with van der Waals surface area (Å²) in [5.74, 6) is -0.0600. The molecule has 1 aromatic rings. The molecule has 2 aliphatic rings. The van der Waals surface area contributed by atoms with Crippen LogP contribution in [0.15, 0.2) is 12.4 Å². The van der Waals surface area contributed by atoms with E-state index >= 15 is 0 Å². The number of nitrogen functional groups attached to an aromatic ring is 1. The molecule has 2 aliphatic carbocycles. The number of hydrogen-bond donors (Lipinski definition) is 2. The van der Waals surface area contributed by atoms with Gasteiger partial charge in [0.25, 0.3) is 5.91 Å². The summed E-state index contributed by atoms with van der Waals surface area (Å²) in [4.78, 5) is 20.1. The number of carbonyl (C=O) groups is 1. The van der Waals surface area contributed by atoms with Crippen molar-refractivity contribution in [1.29, 1.82) is 0 Å². The molecule has 2 saturated carbocycles. The fourth-order valence-electron chi connectivity index (χ4n) is 3.39. The summed E-state index contributed by atoms with van der Waals surface area (Å²) in [5, 5.41) is 3.05. The van der Waals surface area contributed by atoms with Crippen LogP contribution in [0.1, 0.15) is 43.1 Å². The minimum Gasteiger partial charge on any atom is -0.382 e. The van der Waals surface area contributed by atoms with Crippen LogP contribution < -0.4 is 11.1 Å². The molecule has 3 N–H and O–H groups in total. The monoisotopic (exact) mass is 276 g/mol. The van der Waals surface area contributed by atoms with Gasteiger partial charge in [-0.1, -0.05) is 6.42 Å². The number of nitrogens with one attached hydrogen (secondary N) is 1. The highest BCUT2D eigenvalue weighted by molar-refractivity contribution is 5.96. The number of hydrogen-bond acceptors (Lipinski definition) is 5. The smallest absolute Gasteiger partial charge is 0.273 e. The molecule has 0 bridgehead atoms. The van der Waals surface area contributed by atoms with Gasteiger partial charge in [0.1, 0.15) is 0 Å². The lowest BCUT2D eigenvalue weighted by molar-refractivity contribution is -0.169. The van der Waals surface area contributed by atoms with E-state index in [0.29, 0.717) is 0 Å². The van der Waals surface area contributed by atoms with Gasteiger partial charge in [-0.2, -0.15) is 0 Å². The molecule has 3 rings (SSSR count). The fourth-order valence-corrected chi connectivity index (χ4v) is 3.39. The molecule has 0 aliphatic heterocycles. The molecule has 1 amide bonds. The van der Waals surface area contributed by atoms with Crippen molar-refractivity contribution in [2.24, 2.45) is 5.41 Å². The van der Waals surface area contributed by atoms with Crippen molar-refractivity contribution in [1.82, 2.24) is 15.3 Å². The van der Waals surface area contributed by atoms with Gasteiger partial charge in [-0.25, -0.2) is 9.97 Å². The molecule has 0 radical (unpaired) electrons. The van der Waals surface area contributed by atoms with Crippen LogP contribution in [0, 0.1) is 5.41 Å². The van der Waals surface area contributed by atoms with Crippen LogP contribution in [0.25, 0.3) is 0 Å². The zero-order chi connectivity index (χ0) is 14.2. The molecular formula is C14H20N4O2. The first kappa shape index (κ1) is 13.3. The molecule has 1 aromatic heterocycles. The van der Waals surface area contributed by atoms with Crippen molar-refractivity contribution in [2.45, 2.75) is 44.8 Å². The molecule has 108 valence electrons. The molecule has 0 aromatic carbocycles.